The smallest absolute Gasteiger partial charge is 0.335 e. The van der Waals surface area contributed by atoms with Crippen molar-refractivity contribution in [3.8, 4) is 0 Å². The van der Waals surface area contributed by atoms with Crippen LogP contribution in [0.2, 0.25) is 0 Å². The predicted octanol–water partition coefficient (Wildman–Crippen LogP) is 0.426. The van der Waals surface area contributed by atoms with Crippen LogP contribution in [-0.4, -0.2) is 33.5 Å². The number of aliphatic hydroxyl groups excluding tert-OH is 2. The molecule has 0 aromatic heterocycles. The van der Waals surface area contributed by atoms with Gasteiger partial charge in [-0.1, -0.05) is 30.3 Å². The number of aryl methyl sites for hydroxylation is 1. The first kappa shape index (κ1) is 11.7. The van der Waals surface area contributed by atoms with Crippen molar-refractivity contribution in [3.63, 3.8) is 0 Å². The zero-order valence-electron chi connectivity index (χ0n) is 8.21. The molecule has 0 aliphatic heterocycles. The monoisotopic (exact) mass is 210 g/mol. The molecule has 0 radical (unpaired) electrons. The summed E-state index contributed by atoms with van der Waals surface area (Å²) in [7, 11) is 0. The number of aliphatic carboxylic acids is 1. The second-order valence-electron chi connectivity index (χ2n) is 3.37. The lowest BCUT2D eigenvalue weighted by atomic mass is 10.0. The van der Waals surface area contributed by atoms with Crippen LogP contribution in [-0.2, 0) is 11.2 Å². The van der Waals surface area contributed by atoms with Gasteiger partial charge < -0.3 is 15.3 Å². The number of hydrogen-bond acceptors (Lipinski definition) is 3. The molecule has 0 saturated carbocycles. The van der Waals surface area contributed by atoms with Crippen LogP contribution >= 0.6 is 0 Å². The van der Waals surface area contributed by atoms with Crippen molar-refractivity contribution in [2.45, 2.75) is 25.0 Å². The molecule has 15 heavy (non-hydrogen) atoms. The number of carboxylic acids is 1. The molecule has 1 aromatic carbocycles. The summed E-state index contributed by atoms with van der Waals surface area (Å²) in [6.07, 6.45) is -2.14. The van der Waals surface area contributed by atoms with Gasteiger partial charge in [0.25, 0.3) is 0 Å². The van der Waals surface area contributed by atoms with E-state index in [4.69, 9.17) is 10.2 Å². The minimum Gasteiger partial charge on any atom is -0.479 e. The van der Waals surface area contributed by atoms with Gasteiger partial charge in [0.15, 0.2) is 6.10 Å². The molecular weight excluding hydrogens is 196 g/mol. The van der Waals surface area contributed by atoms with Crippen LogP contribution in [0, 0.1) is 0 Å². The molecule has 0 spiro atoms. The Bertz CT molecular complexity index is 310. The van der Waals surface area contributed by atoms with Crippen molar-refractivity contribution in [1.29, 1.82) is 0 Å². The van der Waals surface area contributed by atoms with Crippen molar-refractivity contribution in [3.05, 3.63) is 35.9 Å². The Morgan fingerprint density at radius 1 is 1.20 bits per heavy atom. The van der Waals surface area contributed by atoms with E-state index in [2.05, 4.69) is 0 Å². The molecule has 0 heterocycles. The van der Waals surface area contributed by atoms with Crippen molar-refractivity contribution in [2.24, 2.45) is 0 Å². The van der Waals surface area contributed by atoms with E-state index in [1.807, 2.05) is 30.3 Å². The Hall–Kier alpha value is -1.39. The van der Waals surface area contributed by atoms with Gasteiger partial charge in [-0.2, -0.15) is 0 Å². The topological polar surface area (TPSA) is 77.8 Å². The lowest BCUT2D eigenvalue weighted by Crippen LogP contribution is -2.33. The summed E-state index contributed by atoms with van der Waals surface area (Å²) in [5.74, 6) is -1.39. The molecule has 0 unspecified atom stereocenters. The summed E-state index contributed by atoms with van der Waals surface area (Å²) in [5, 5.41) is 26.8. The minimum atomic E-state index is -1.70. The third-order valence-electron chi connectivity index (χ3n) is 2.19. The zero-order chi connectivity index (χ0) is 11.3. The van der Waals surface area contributed by atoms with Gasteiger partial charge in [-0.05, 0) is 18.4 Å². The number of aliphatic hydroxyl groups is 2. The Morgan fingerprint density at radius 2 is 1.80 bits per heavy atom. The van der Waals surface area contributed by atoms with E-state index in [9.17, 15) is 9.90 Å². The van der Waals surface area contributed by atoms with Crippen LogP contribution in [0.15, 0.2) is 30.3 Å². The molecule has 4 heteroatoms. The summed E-state index contributed by atoms with van der Waals surface area (Å²) in [6.45, 7) is 0. The van der Waals surface area contributed by atoms with Gasteiger partial charge in [0.1, 0.15) is 0 Å². The van der Waals surface area contributed by atoms with E-state index in [1.54, 1.807) is 0 Å². The largest absolute Gasteiger partial charge is 0.479 e. The van der Waals surface area contributed by atoms with Gasteiger partial charge in [0.05, 0.1) is 6.10 Å². The van der Waals surface area contributed by atoms with Gasteiger partial charge >= 0.3 is 5.97 Å². The molecule has 0 aliphatic carbocycles. The molecule has 0 saturated heterocycles. The summed E-state index contributed by atoms with van der Waals surface area (Å²) in [5.41, 5.74) is 1.01. The quantitative estimate of drug-likeness (QED) is 0.658. The second kappa shape index (κ2) is 5.48. The highest BCUT2D eigenvalue weighted by molar-refractivity contribution is 5.72. The molecular formula is C11H14O4. The summed E-state index contributed by atoms with van der Waals surface area (Å²) in [6, 6.07) is 9.40. The van der Waals surface area contributed by atoms with Crippen LogP contribution in [0.1, 0.15) is 12.0 Å². The Morgan fingerprint density at radius 3 is 2.33 bits per heavy atom. The van der Waals surface area contributed by atoms with Gasteiger partial charge in [0, 0.05) is 0 Å². The molecule has 2 atom stereocenters. The summed E-state index contributed by atoms with van der Waals surface area (Å²) < 4.78 is 0. The number of rotatable bonds is 5. The van der Waals surface area contributed by atoms with Crippen LogP contribution in [0.5, 0.6) is 0 Å². The SMILES string of the molecule is O=C(O)[C@@H](O)[C@H](O)CCc1ccccc1. The fourth-order valence-corrected chi connectivity index (χ4v) is 1.28. The molecule has 0 fully saturated rings. The van der Waals surface area contributed by atoms with E-state index in [-0.39, 0.29) is 6.42 Å². The van der Waals surface area contributed by atoms with Crippen LogP contribution in [0.4, 0.5) is 0 Å². The molecule has 0 amide bonds. The highest BCUT2D eigenvalue weighted by Gasteiger charge is 2.22. The van der Waals surface area contributed by atoms with E-state index in [1.165, 1.54) is 0 Å². The first-order chi connectivity index (χ1) is 7.11. The van der Waals surface area contributed by atoms with Crippen molar-refractivity contribution < 1.29 is 20.1 Å². The second-order valence-corrected chi connectivity index (χ2v) is 3.37. The Kier molecular flexibility index (Phi) is 4.27. The van der Waals surface area contributed by atoms with E-state index < -0.39 is 18.2 Å². The molecule has 4 nitrogen and oxygen atoms in total. The van der Waals surface area contributed by atoms with Crippen molar-refractivity contribution in [1.82, 2.24) is 0 Å². The van der Waals surface area contributed by atoms with Gasteiger partial charge in [0.2, 0.25) is 0 Å². The predicted molar refractivity (Wildman–Crippen MR) is 54.4 cm³/mol. The lowest BCUT2D eigenvalue weighted by Gasteiger charge is -2.13. The maximum absolute atomic E-state index is 10.3. The molecule has 1 aromatic rings. The highest BCUT2D eigenvalue weighted by atomic mass is 16.4. The molecule has 1 rings (SSSR count). The van der Waals surface area contributed by atoms with E-state index in [0.717, 1.165) is 5.56 Å². The average molecular weight is 210 g/mol. The number of carbonyl (C=O) groups is 1. The van der Waals surface area contributed by atoms with Gasteiger partial charge in [-0.15, -0.1) is 0 Å². The number of carboxylic acid groups (broad SMARTS) is 1. The average Bonchev–Trinajstić information content (AvgIpc) is 2.26. The van der Waals surface area contributed by atoms with E-state index >= 15 is 0 Å². The summed E-state index contributed by atoms with van der Waals surface area (Å²) in [4.78, 5) is 10.3. The Labute approximate surface area is 87.8 Å². The van der Waals surface area contributed by atoms with Crippen LogP contribution in [0.25, 0.3) is 0 Å². The molecule has 3 N–H and O–H groups in total. The molecule has 82 valence electrons. The van der Waals surface area contributed by atoms with Gasteiger partial charge in [-0.3, -0.25) is 0 Å². The fraction of sp³-hybridized carbons (Fsp3) is 0.364. The standard InChI is InChI=1S/C11H14O4/c12-9(10(13)11(14)15)7-6-8-4-2-1-3-5-8/h1-5,9-10,12-13H,6-7H2,(H,14,15)/t9-,10+/m1/s1. The van der Waals surface area contributed by atoms with Crippen LogP contribution < -0.4 is 0 Å². The highest BCUT2D eigenvalue weighted by Crippen LogP contribution is 2.07. The van der Waals surface area contributed by atoms with Gasteiger partial charge in [-0.25, -0.2) is 4.79 Å². The van der Waals surface area contributed by atoms with Crippen molar-refractivity contribution >= 4 is 5.97 Å². The zero-order valence-corrected chi connectivity index (χ0v) is 8.21. The maximum Gasteiger partial charge on any atom is 0.335 e. The third-order valence-corrected chi connectivity index (χ3v) is 2.19. The minimum absolute atomic E-state index is 0.234. The Balaban J connectivity index is 2.41. The fourth-order valence-electron chi connectivity index (χ4n) is 1.28. The summed E-state index contributed by atoms with van der Waals surface area (Å²) >= 11 is 0. The third kappa shape index (κ3) is 3.69. The first-order valence-electron chi connectivity index (χ1n) is 4.74. The normalized spacial score (nSPS) is 14.5. The number of benzene rings is 1. The maximum atomic E-state index is 10.3. The number of hydrogen-bond donors (Lipinski definition) is 3. The van der Waals surface area contributed by atoms with Crippen molar-refractivity contribution in [2.75, 3.05) is 0 Å². The van der Waals surface area contributed by atoms with Crippen LogP contribution in [0.3, 0.4) is 0 Å². The molecule has 0 aliphatic rings. The molecule has 0 bridgehead atoms. The first-order valence-corrected chi connectivity index (χ1v) is 4.74. The van der Waals surface area contributed by atoms with E-state index in [0.29, 0.717) is 6.42 Å². The lowest BCUT2D eigenvalue weighted by molar-refractivity contribution is -0.152.